The molecule has 0 radical (unpaired) electrons. The molecule has 2 heterocycles. The average Bonchev–Trinajstić information content (AvgIpc) is 3.25. The van der Waals surface area contributed by atoms with Crippen LogP contribution in [0.3, 0.4) is 0 Å². The summed E-state index contributed by atoms with van der Waals surface area (Å²) in [5.74, 6) is 0. The largest absolute Gasteiger partial charge is 0.398 e. The van der Waals surface area contributed by atoms with Crippen molar-refractivity contribution >= 4 is 54.7 Å². The Balaban J connectivity index is 0.000000154. The second kappa shape index (κ2) is 6.92. The molecule has 0 unspecified atom stereocenters. The Kier molecular flexibility index (Phi) is 4.16. The topological polar surface area (TPSA) is 152 Å². The molecule has 0 fully saturated rings. The van der Waals surface area contributed by atoms with Crippen LogP contribution >= 0.6 is 0 Å². The first-order valence-electron chi connectivity index (χ1n) is 9.70. The zero-order chi connectivity index (χ0) is 22.6. The number of anilines is 2. The van der Waals surface area contributed by atoms with E-state index in [0.717, 1.165) is 22.1 Å². The van der Waals surface area contributed by atoms with Crippen LogP contribution in [0.25, 0.3) is 43.4 Å². The summed E-state index contributed by atoms with van der Waals surface area (Å²) in [6.07, 6.45) is 0. The summed E-state index contributed by atoms with van der Waals surface area (Å²) in [7, 11) is 0. The highest BCUT2D eigenvalue weighted by Gasteiger charge is 2.13. The Morgan fingerprint density at radius 1 is 0.469 bits per heavy atom. The lowest BCUT2D eigenvalue weighted by molar-refractivity contribution is 1.33. The first-order valence-corrected chi connectivity index (χ1v) is 9.70. The third-order valence-electron chi connectivity index (χ3n) is 5.57. The van der Waals surface area contributed by atoms with E-state index in [1.54, 1.807) is 12.1 Å². The maximum atomic E-state index is 11.6. The second-order valence-electron chi connectivity index (χ2n) is 7.43. The molecule has 0 spiro atoms. The molecule has 6 aromatic rings. The molecule has 0 aliphatic carbocycles. The maximum Gasteiger partial charge on any atom is 0.296 e. The molecule has 6 rings (SSSR count). The fraction of sp³-hybridized carbons (Fsp3) is 0. The normalized spacial score (nSPS) is 11.2. The maximum absolute atomic E-state index is 11.6. The van der Waals surface area contributed by atoms with Crippen molar-refractivity contribution in [3.63, 3.8) is 0 Å². The first kappa shape index (κ1) is 19.3. The number of nitrogens with one attached hydrogen (secondary N) is 2. The number of fused-ring (bicyclic) bond motifs is 6. The molecule has 0 saturated carbocycles. The molecule has 2 aromatic heterocycles. The van der Waals surface area contributed by atoms with Crippen LogP contribution in [0.2, 0.25) is 0 Å². The van der Waals surface area contributed by atoms with Gasteiger partial charge < -0.3 is 21.4 Å². The van der Waals surface area contributed by atoms with Gasteiger partial charge in [-0.25, -0.2) is 0 Å². The van der Waals surface area contributed by atoms with Crippen LogP contribution < -0.4 is 33.4 Å². The highest BCUT2D eigenvalue weighted by atomic mass is 16.2. The predicted octanol–water partition coefficient (Wildman–Crippen LogP) is 2.12. The molecule has 4 aromatic carbocycles. The number of benzene rings is 4. The summed E-state index contributed by atoms with van der Waals surface area (Å²) in [5, 5.41) is 3.90. The number of rotatable bonds is 0. The fourth-order valence-electron chi connectivity index (χ4n) is 4.00. The Morgan fingerprint density at radius 2 is 0.844 bits per heavy atom. The van der Waals surface area contributed by atoms with Crippen molar-refractivity contribution in [2.75, 3.05) is 11.5 Å². The lowest BCUT2D eigenvalue weighted by atomic mass is 10.0. The Morgan fingerprint density at radius 3 is 1.25 bits per heavy atom. The predicted molar refractivity (Wildman–Crippen MR) is 128 cm³/mol. The summed E-state index contributed by atoms with van der Waals surface area (Å²) in [5.41, 5.74) is 11.4. The van der Waals surface area contributed by atoms with Gasteiger partial charge in [0.25, 0.3) is 22.0 Å². The van der Waals surface area contributed by atoms with Gasteiger partial charge in [-0.3, -0.25) is 19.2 Å². The number of hydrogen-bond acceptors (Lipinski definition) is 6. The van der Waals surface area contributed by atoms with Crippen LogP contribution in [0.5, 0.6) is 0 Å². The summed E-state index contributed by atoms with van der Waals surface area (Å²) < 4.78 is 0. The van der Waals surface area contributed by atoms with E-state index in [1.165, 1.54) is 12.1 Å². The van der Waals surface area contributed by atoms with Crippen LogP contribution in [0.15, 0.2) is 79.8 Å². The summed E-state index contributed by atoms with van der Waals surface area (Å²) >= 11 is 0. The van der Waals surface area contributed by atoms with Gasteiger partial charge in [-0.1, -0.05) is 36.4 Å². The van der Waals surface area contributed by atoms with E-state index in [2.05, 4.69) is 9.97 Å². The molecule has 0 bridgehead atoms. The van der Waals surface area contributed by atoms with E-state index >= 15 is 0 Å². The standard InChI is InChI=1S/C14H6N2O4.C10H10N2/c17-11-7-3-1-5-6(10(7)16-13(11)19)2-4-8-9(5)15-14(20)12(8)18;11-9-5-1-3-7-8(9)4-2-6-10(7)12/h1-4H,(H,15,18,20)(H,16,17,19);1-6H,11-12H2. The van der Waals surface area contributed by atoms with Crippen molar-refractivity contribution in [2.24, 2.45) is 0 Å². The Bertz CT molecular complexity index is 1750. The minimum Gasteiger partial charge on any atom is -0.398 e. The van der Waals surface area contributed by atoms with Crippen molar-refractivity contribution in [3.8, 4) is 0 Å². The summed E-state index contributed by atoms with van der Waals surface area (Å²) in [6.45, 7) is 0. The number of hydrogen-bond donors (Lipinski definition) is 4. The SMILES string of the molecule is Nc1cccc2c(N)cccc12.O=c1[nH]c2c(ccc3c2ccc2c(=O)c(=O)[nH]c23)c1=O. The molecule has 0 aliphatic heterocycles. The highest BCUT2D eigenvalue weighted by molar-refractivity contribution is 6.14. The van der Waals surface area contributed by atoms with Gasteiger partial charge in [0.15, 0.2) is 0 Å². The van der Waals surface area contributed by atoms with Gasteiger partial charge >= 0.3 is 0 Å². The third-order valence-corrected chi connectivity index (χ3v) is 5.57. The van der Waals surface area contributed by atoms with Crippen molar-refractivity contribution in [1.29, 1.82) is 0 Å². The lowest BCUT2D eigenvalue weighted by Gasteiger charge is -2.03. The molecule has 8 nitrogen and oxygen atoms in total. The van der Waals surface area contributed by atoms with E-state index < -0.39 is 22.0 Å². The zero-order valence-electron chi connectivity index (χ0n) is 16.6. The van der Waals surface area contributed by atoms with Gasteiger partial charge in [-0.15, -0.1) is 0 Å². The lowest BCUT2D eigenvalue weighted by Crippen LogP contribution is -2.18. The molecule has 8 heteroatoms. The quantitative estimate of drug-likeness (QED) is 0.216. The molecule has 32 heavy (non-hydrogen) atoms. The monoisotopic (exact) mass is 424 g/mol. The molecular weight excluding hydrogens is 408 g/mol. The zero-order valence-corrected chi connectivity index (χ0v) is 16.6. The fourth-order valence-corrected chi connectivity index (χ4v) is 4.00. The highest BCUT2D eigenvalue weighted by Crippen LogP contribution is 2.26. The summed E-state index contributed by atoms with van der Waals surface area (Å²) in [4.78, 5) is 51.2. The molecule has 0 saturated heterocycles. The average molecular weight is 424 g/mol. The van der Waals surface area contributed by atoms with Gasteiger partial charge in [0.1, 0.15) is 0 Å². The van der Waals surface area contributed by atoms with E-state index in [9.17, 15) is 19.2 Å². The van der Waals surface area contributed by atoms with Crippen molar-refractivity contribution in [3.05, 3.63) is 102 Å². The van der Waals surface area contributed by atoms with Crippen LogP contribution in [-0.2, 0) is 0 Å². The van der Waals surface area contributed by atoms with Crippen LogP contribution in [0, 0.1) is 0 Å². The number of aromatic amines is 2. The van der Waals surface area contributed by atoms with E-state index in [0.29, 0.717) is 32.6 Å². The van der Waals surface area contributed by atoms with Gasteiger partial charge in [-0.05, 0) is 24.3 Å². The second-order valence-corrected chi connectivity index (χ2v) is 7.43. The molecule has 0 aliphatic rings. The minimum atomic E-state index is -0.673. The smallest absolute Gasteiger partial charge is 0.296 e. The van der Waals surface area contributed by atoms with Crippen LogP contribution in [0.1, 0.15) is 0 Å². The van der Waals surface area contributed by atoms with Crippen molar-refractivity contribution in [2.45, 2.75) is 0 Å². The van der Waals surface area contributed by atoms with Gasteiger partial charge in [0.05, 0.1) is 21.8 Å². The number of aromatic nitrogens is 2. The van der Waals surface area contributed by atoms with E-state index in [1.807, 2.05) is 36.4 Å². The van der Waals surface area contributed by atoms with E-state index in [-0.39, 0.29) is 0 Å². The molecule has 156 valence electrons. The van der Waals surface area contributed by atoms with Crippen LogP contribution in [-0.4, -0.2) is 9.97 Å². The molecule has 6 N–H and O–H groups in total. The Labute approximate surface area is 178 Å². The van der Waals surface area contributed by atoms with Crippen molar-refractivity contribution in [1.82, 2.24) is 9.97 Å². The first-order chi connectivity index (χ1) is 15.4. The number of H-pyrrole nitrogens is 2. The van der Waals surface area contributed by atoms with Crippen molar-refractivity contribution < 1.29 is 0 Å². The van der Waals surface area contributed by atoms with Gasteiger partial charge in [0.2, 0.25) is 0 Å². The van der Waals surface area contributed by atoms with Gasteiger partial charge in [-0.2, -0.15) is 0 Å². The Hall–Kier alpha value is -4.72. The molecule has 0 atom stereocenters. The number of nitrogens with two attached hydrogens (primary N) is 2. The third kappa shape index (κ3) is 2.78. The van der Waals surface area contributed by atoms with E-state index in [4.69, 9.17) is 11.5 Å². The molecule has 0 amide bonds. The number of nitrogen functional groups attached to an aromatic ring is 2. The van der Waals surface area contributed by atoms with Gasteiger partial charge in [0, 0.05) is 32.9 Å². The minimum absolute atomic E-state index is 0.304. The molecular formula is C24H16N4O4. The summed E-state index contributed by atoms with van der Waals surface area (Å²) in [6, 6.07) is 17.8. The van der Waals surface area contributed by atoms with Crippen LogP contribution in [0.4, 0.5) is 11.4 Å².